The van der Waals surface area contributed by atoms with E-state index in [1.165, 1.54) is 0 Å². The second kappa shape index (κ2) is 7.05. The van der Waals surface area contributed by atoms with Crippen LogP contribution in [0.25, 0.3) is 0 Å². The molecule has 0 aromatic rings. The van der Waals surface area contributed by atoms with Gasteiger partial charge >= 0.3 is 8.56 Å². The number of amides is 3. The lowest BCUT2D eigenvalue weighted by Gasteiger charge is -2.28. The molecule has 0 radical (unpaired) electrons. The molecule has 0 aliphatic rings. The molecular formula is C10H21N3O3Si. The molecule has 0 saturated carbocycles. The molecule has 0 bridgehead atoms. The first kappa shape index (κ1) is 15.6. The molecule has 98 valence electrons. The Morgan fingerprint density at radius 3 is 1.18 bits per heavy atom. The van der Waals surface area contributed by atoms with Crippen molar-refractivity contribution < 1.29 is 14.4 Å². The first-order chi connectivity index (χ1) is 7.86. The molecule has 0 heterocycles. The van der Waals surface area contributed by atoms with Crippen molar-refractivity contribution in [3.63, 3.8) is 0 Å². The van der Waals surface area contributed by atoms with E-state index < -0.39 is 8.56 Å². The van der Waals surface area contributed by atoms with Gasteiger partial charge in [-0.05, 0) is 6.55 Å². The third-order valence-electron chi connectivity index (χ3n) is 2.13. The van der Waals surface area contributed by atoms with Crippen molar-refractivity contribution in [1.82, 2.24) is 14.9 Å². The number of rotatable bonds is 6. The topological polar surface area (TPSA) is 87.3 Å². The van der Waals surface area contributed by atoms with Gasteiger partial charge in [0, 0.05) is 19.3 Å². The average molecular weight is 259 g/mol. The van der Waals surface area contributed by atoms with Crippen molar-refractivity contribution in [3.8, 4) is 0 Å². The summed E-state index contributed by atoms with van der Waals surface area (Å²) in [6.07, 6.45) is 0.936. The van der Waals surface area contributed by atoms with Crippen LogP contribution in [0.5, 0.6) is 0 Å². The third kappa shape index (κ3) is 6.05. The van der Waals surface area contributed by atoms with Crippen LogP contribution in [0.4, 0.5) is 0 Å². The summed E-state index contributed by atoms with van der Waals surface area (Å²) in [5.74, 6) is -0.564. The fraction of sp³-hybridized carbons (Fsp3) is 0.700. The molecule has 0 aromatic heterocycles. The quantitative estimate of drug-likeness (QED) is 0.593. The van der Waals surface area contributed by atoms with Crippen molar-refractivity contribution in [2.24, 2.45) is 0 Å². The number of hydrogen-bond donors (Lipinski definition) is 3. The minimum Gasteiger partial charge on any atom is -0.348 e. The summed E-state index contributed by atoms with van der Waals surface area (Å²) >= 11 is 0. The molecular weight excluding hydrogens is 238 g/mol. The molecule has 3 N–H and O–H groups in total. The first-order valence-corrected chi connectivity index (χ1v) is 8.29. The number of hydrogen-bond acceptors (Lipinski definition) is 3. The monoisotopic (exact) mass is 259 g/mol. The predicted octanol–water partition coefficient (Wildman–Crippen LogP) is 0.134. The maximum atomic E-state index is 11.4. The van der Waals surface area contributed by atoms with E-state index in [1.54, 1.807) is 27.3 Å². The standard InChI is InChI=1S/C10H21N3O3Si/c1-5-8(14)11-17(4,12-9(15)6-2)13-10(16)7-3/h5-7H2,1-4H3,(H,11,14)(H,12,15)(H,13,16). The summed E-state index contributed by atoms with van der Waals surface area (Å²) in [7, 11) is -2.80. The van der Waals surface area contributed by atoms with E-state index in [0.717, 1.165) is 0 Å². The number of carbonyl (C=O) groups is 3. The second-order valence-corrected chi connectivity index (χ2v) is 6.83. The average Bonchev–Trinajstić information content (AvgIpc) is 2.27. The summed E-state index contributed by atoms with van der Waals surface area (Å²) < 4.78 is 0. The van der Waals surface area contributed by atoms with Gasteiger partial charge in [-0.2, -0.15) is 0 Å². The van der Waals surface area contributed by atoms with E-state index in [0.29, 0.717) is 19.3 Å². The van der Waals surface area contributed by atoms with Gasteiger partial charge in [-0.1, -0.05) is 20.8 Å². The van der Waals surface area contributed by atoms with Gasteiger partial charge in [-0.3, -0.25) is 14.4 Å². The molecule has 3 amide bonds. The Labute approximate surface area is 103 Å². The van der Waals surface area contributed by atoms with Gasteiger partial charge in [0.2, 0.25) is 17.7 Å². The second-order valence-electron chi connectivity index (χ2n) is 3.83. The van der Waals surface area contributed by atoms with Gasteiger partial charge < -0.3 is 14.9 Å². The largest absolute Gasteiger partial charge is 0.375 e. The zero-order valence-electron chi connectivity index (χ0n) is 10.8. The van der Waals surface area contributed by atoms with Gasteiger partial charge in [-0.15, -0.1) is 0 Å². The van der Waals surface area contributed by atoms with Crippen molar-refractivity contribution in [3.05, 3.63) is 0 Å². The normalized spacial score (nSPS) is 10.6. The molecule has 0 rings (SSSR count). The van der Waals surface area contributed by atoms with Crippen molar-refractivity contribution in [2.45, 2.75) is 46.6 Å². The molecule has 0 fully saturated rings. The summed E-state index contributed by atoms with van der Waals surface area (Å²) in [4.78, 5) is 42.3. The van der Waals surface area contributed by atoms with E-state index >= 15 is 0 Å². The molecule has 0 unspecified atom stereocenters. The van der Waals surface area contributed by atoms with Crippen molar-refractivity contribution >= 4 is 26.3 Å². The molecule has 0 aliphatic heterocycles. The lowest BCUT2D eigenvalue weighted by atomic mass is 10.5. The van der Waals surface area contributed by atoms with Crippen LogP contribution < -0.4 is 14.9 Å². The lowest BCUT2D eigenvalue weighted by molar-refractivity contribution is -0.120. The number of nitrogens with one attached hydrogen (secondary N) is 3. The molecule has 0 atom stereocenters. The minimum absolute atomic E-state index is 0.188. The first-order valence-electron chi connectivity index (χ1n) is 5.79. The predicted molar refractivity (Wildman–Crippen MR) is 66.9 cm³/mol. The van der Waals surface area contributed by atoms with Gasteiger partial charge in [0.1, 0.15) is 0 Å². The molecule has 0 aromatic carbocycles. The lowest BCUT2D eigenvalue weighted by Crippen LogP contribution is -2.73. The van der Waals surface area contributed by atoms with E-state index in [9.17, 15) is 14.4 Å². The Morgan fingerprint density at radius 2 is 1.00 bits per heavy atom. The van der Waals surface area contributed by atoms with E-state index in [2.05, 4.69) is 14.9 Å². The van der Waals surface area contributed by atoms with Gasteiger partial charge in [0.05, 0.1) is 0 Å². The van der Waals surface area contributed by atoms with Crippen LogP contribution in [0.15, 0.2) is 0 Å². The Kier molecular flexibility index (Phi) is 6.48. The van der Waals surface area contributed by atoms with E-state index in [-0.39, 0.29) is 17.7 Å². The van der Waals surface area contributed by atoms with E-state index in [4.69, 9.17) is 0 Å². The zero-order chi connectivity index (χ0) is 13.5. The summed E-state index contributed by atoms with van der Waals surface area (Å²) in [6, 6.07) is 0. The Morgan fingerprint density at radius 1 is 0.765 bits per heavy atom. The fourth-order valence-corrected chi connectivity index (χ4v) is 3.59. The summed E-state index contributed by atoms with van der Waals surface area (Å²) in [5.41, 5.74) is 0. The maximum Gasteiger partial charge on any atom is 0.375 e. The van der Waals surface area contributed by atoms with Crippen LogP contribution >= 0.6 is 0 Å². The molecule has 7 heteroatoms. The highest BCUT2D eigenvalue weighted by atomic mass is 28.4. The van der Waals surface area contributed by atoms with Gasteiger partial charge in [0.25, 0.3) is 0 Å². The van der Waals surface area contributed by atoms with Crippen LogP contribution in [0.1, 0.15) is 40.0 Å². The third-order valence-corrected chi connectivity index (χ3v) is 4.47. The van der Waals surface area contributed by atoms with Crippen molar-refractivity contribution in [1.29, 1.82) is 0 Å². The summed E-state index contributed by atoms with van der Waals surface area (Å²) in [5, 5.41) is 0. The van der Waals surface area contributed by atoms with Gasteiger partial charge in [-0.25, -0.2) is 0 Å². The highest BCUT2D eigenvalue weighted by Gasteiger charge is 2.34. The summed E-state index contributed by atoms with van der Waals surface area (Å²) in [6.45, 7) is 6.83. The highest BCUT2D eigenvalue weighted by Crippen LogP contribution is 1.93. The SMILES string of the molecule is CCC(=O)N[Si](C)(NC(=O)CC)NC(=O)CC. The smallest absolute Gasteiger partial charge is 0.348 e. The molecule has 0 aliphatic carbocycles. The Bertz CT molecular complexity index is 262. The molecule has 0 spiro atoms. The van der Waals surface area contributed by atoms with Gasteiger partial charge in [0.15, 0.2) is 0 Å². The van der Waals surface area contributed by atoms with Crippen molar-refractivity contribution in [2.75, 3.05) is 0 Å². The van der Waals surface area contributed by atoms with Crippen LogP contribution in [0.2, 0.25) is 6.55 Å². The van der Waals surface area contributed by atoms with E-state index in [1.807, 2.05) is 0 Å². The maximum absolute atomic E-state index is 11.4. The minimum atomic E-state index is -2.80. The fourth-order valence-electron chi connectivity index (χ4n) is 1.20. The Hall–Kier alpha value is -1.37. The number of carbonyl (C=O) groups excluding carboxylic acids is 3. The van der Waals surface area contributed by atoms with Crippen LogP contribution in [0.3, 0.4) is 0 Å². The highest BCUT2D eigenvalue weighted by molar-refractivity contribution is 6.77. The Balaban J connectivity index is 4.72. The van der Waals surface area contributed by atoms with Crippen LogP contribution in [-0.2, 0) is 14.4 Å². The van der Waals surface area contributed by atoms with Crippen LogP contribution in [0, 0.1) is 0 Å². The molecule has 17 heavy (non-hydrogen) atoms. The molecule has 0 saturated heterocycles. The molecule has 6 nitrogen and oxygen atoms in total. The zero-order valence-corrected chi connectivity index (χ0v) is 11.8. The van der Waals surface area contributed by atoms with Crippen LogP contribution in [-0.4, -0.2) is 26.3 Å².